The Morgan fingerprint density at radius 3 is 2.63 bits per heavy atom. The first-order chi connectivity index (χ1) is 14.6. The molecule has 30 heavy (non-hydrogen) atoms. The van der Waals surface area contributed by atoms with E-state index in [0.29, 0.717) is 39.6 Å². The van der Waals surface area contributed by atoms with Gasteiger partial charge in [0, 0.05) is 11.3 Å². The molecule has 148 valence electrons. The number of rotatable bonds is 4. The van der Waals surface area contributed by atoms with Crippen LogP contribution in [0, 0.1) is 13.8 Å². The molecule has 2 N–H and O–H groups in total. The van der Waals surface area contributed by atoms with Crippen LogP contribution in [0.3, 0.4) is 0 Å². The number of H-pyrrole nitrogens is 1. The van der Waals surface area contributed by atoms with E-state index >= 15 is 0 Å². The van der Waals surface area contributed by atoms with E-state index in [2.05, 4.69) is 30.6 Å². The molecule has 0 bridgehead atoms. The number of aromatic amines is 1. The summed E-state index contributed by atoms with van der Waals surface area (Å²) < 4.78 is 10.7. The third kappa shape index (κ3) is 3.12. The molecule has 5 aromatic rings. The third-order valence-electron chi connectivity index (χ3n) is 4.63. The molecular formula is C21H16N6O3. The highest BCUT2D eigenvalue weighted by atomic mass is 16.5. The minimum atomic E-state index is -0.303. The number of anilines is 1. The number of pyridine rings is 1. The van der Waals surface area contributed by atoms with Gasteiger partial charge in [-0.2, -0.15) is 5.10 Å². The van der Waals surface area contributed by atoms with Gasteiger partial charge < -0.3 is 14.3 Å². The first kappa shape index (κ1) is 17.8. The molecule has 0 aliphatic carbocycles. The maximum Gasteiger partial charge on any atom is 0.259 e. The Morgan fingerprint density at radius 2 is 1.93 bits per heavy atom. The van der Waals surface area contributed by atoms with Gasteiger partial charge in [-0.1, -0.05) is 5.16 Å². The molecule has 9 nitrogen and oxygen atoms in total. The van der Waals surface area contributed by atoms with Crippen molar-refractivity contribution < 1.29 is 13.7 Å². The number of benzene rings is 1. The number of amides is 1. The largest absolute Gasteiger partial charge is 0.463 e. The molecule has 5 rings (SSSR count). The normalized spacial score (nSPS) is 11.1. The van der Waals surface area contributed by atoms with Gasteiger partial charge in [0.2, 0.25) is 0 Å². The van der Waals surface area contributed by atoms with Crippen molar-refractivity contribution >= 4 is 22.7 Å². The number of furan rings is 1. The molecular weight excluding hydrogens is 384 g/mol. The van der Waals surface area contributed by atoms with E-state index in [4.69, 9.17) is 8.94 Å². The lowest BCUT2D eigenvalue weighted by atomic mass is 10.1. The van der Waals surface area contributed by atoms with Gasteiger partial charge in [-0.3, -0.25) is 9.89 Å². The van der Waals surface area contributed by atoms with Gasteiger partial charge in [-0.15, -0.1) is 0 Å². The van der Waals surface area contributed by atoms with Crippen LogP contribution in [-0.4, -0.2) is 31.2 Å². The number of aromatic nitrogens is 5. The first-order valence-electron chi connectivity index (χ1n) is 9.20. The summed E-state index contributed by atoms with van der Waals surface area (Å²) in [5.41, 5.74) is 3.24. The maximum atomic E-state index is 13.1. The number of hydrogen-bond acceptors (Lipinski definition) is 7. The number of aryl methyl sites for hydroxylation is 2. The Balaban J connectivity index is 1.48. The van der Waals surface area contributed by atoms with Crippen LogP contribution in [0.1, 0.15) is 21.9 Å². The van der Waals surface area contributed by atoms with Crippen LogP contribution in [0.15, 0.2) is 57.7 Å². The fourth-order valence-electron chi connectivity index (χ4n) is 3.20. The van der Waals surface area contributed by atoms with Crippen molar-refractivity contribution in [1.82, 2.24) is 25.3 Å². The Morgan fingerprint density at radius 1 is 1.10 bits per heavy atom. The highest BCUT2D eigenvalue weighted by Crippen LogP contribution is 2.28. The van der Waals surface area contributed by atoms with E-state index < -0.39 is 0 Å². The van der Waals surface area contributed by atoms with Crippen LogP contribution in [-0.2, 0) is 0 Å². The van der Waals surface area contributed by atoms with Crippen LogP contribution in [0.2, 0.25) is 0 Å². The Kier molecular flexibility index (Phi) is 4.13. The summed E-state index contributed by atoms with van der Waals surface area (Å²) in [7, 11) is 0. The predicted octanol–water partition coefficient (Wildman–Crippen LogP) is 4.14. The van der Waals surface area contributed by atoms with Crippen LogP contribution < -0.4 is 5.32 Å². The van der Waals surface area contributed by atoms with Crippen LogP contribution >= 0.6 is 0 Å². The van der Waals surface area contributed by atoms with Gasteiger partial charge in [0.05, 0.1) is 22.9 Å². The fourth-order valence-corrected chi connectivity index (χ4v) is 3.20. The van der Waals surface area contributed by atoms with Crippen molar-refractivity contribution in [3.8, 4) is 22.8 Å². The van der Waals surface area contributed by atoms with E-state index in [9.17, 15) is 4.79 Å². The molecule has 0 aliphatic heterocycles. The standard InChI is InChI=1S/C21H16N6O3/c1-11-18-15(10-16(17-4-3-9-29-17)24-21(18)30-27-11)20(28)23-14-7-5-13(6-8-14)19-22-12(2)25-26-19/h3-10H,1-2H3,(H,23,28)(H,22,25,26). The van der Waals surface area contributed by atoms with Gasteiger partial charge in [0.1, 0.15) is 11.5 Å². The second-order valence-electron chi connectivity index (χ2n) is 6.76. The minimum Gasteiger partial charge on any atom is -0.463 e. The third-order valence-corrected chi connectivity index (χ3v) is 4.63. The lowest BCUT2D eigenvalue weighted by Crippen LogP contribution is -2.13. The summed E-state index contributed by atoms with van der Waals surface area (Å²) in [6.07, 6.45) is 1.55. The summed E-state index contributed by atoms with van der Waals surface area (Å²) in [5, 5.41) is 14.4. The summed E-state index contributed by atoms with van der Waals surface area (Å²) in [4.78, 5) is 21.8. The number of fused-ring (bicyclic) bond motifs is 1. The van der Waals surface area contributed by atoms with E-state index in [1.54, 1.807) is 43.5 Å². The molecule has 1 aromatic carbocycles. The first-order valence-corrected chi connectivity index (χ1v) is 9.20. The Labute approximate surface area is 170 Å². The Hall–Kier alpha value is -4.27. The number of hydrogen-bond donors (Lipinski definition) is 2. The van der Waals surface area contributed by atoms with E-state index in [1.165, 1.54) is 0 Å². The smallest absolute Gasteiger partial charge is 0.259 e. The number of carbonyl (C=O) groups is 1. The number of carbonyl (C=O) groups excluding carboxylic acids is 1. The van der Waals surface area contributed by atoms with Crippen molar-refractivity contribution in [2.45, 2.75) is 13.8 Å². The molecule has 4 aromatic heterocycles. The van der Waals surface area contributed by atoms with Crippen molar-refractivity contribution in [3.05, 3.63) is 65.8 Å². The molecule has 0 fully saturated rings. The molecule has 4 heterocycles. The Bertz CT molecular complexity index is 1350. The molecule has 0 radical (unpaired) electrons. The molecule has 0 atom stereocenters. The molecule has 0 saturated heterocycles. The summed E-state index contributed by atoms with van der Waals surface area (Å²) in [6.45, 7) is 3.61. The quantitative estimate of drug-likeness (QED) is 0.465. The molecule has 9 heteroatoms. The zero-order valence-corrected chi connectivity index (χ0v) is 16.1. The number of nitrogens with zero attached hydrogens (tertiary/aromatic N) is 4. The van der Waals surface area contributed by atoms with E-state index in [-0.39, 0.29) is 11.6 Å². The van der Waals surface area contributed by atoms with Gasteiger partial charge >= 0.3 is 0 Å². The summed E-state index contributed by atoms with van der Waals surface area (Å²) >= 11 is 0. The lowest BCUT2D eigenvalue weighted by molar-refractivity contribution is 0.102. The molecule has 1 amide bonds. The minimum absolute atomic E-state index is 0.280. The van der Waals surface area contributed by atoms with Gasteiger partial charge in [0.15, 0.2) is 11.6 Å². The molecule has 0 spiro atoms. The van der Waals surface area contributed by atoms with Crippen LogP contribution in [0.4, 0.5) is 5.69 Å². The lowest BCUT2D eigenvalue weighted by Gasteiger charge is -2.08. The maximum absolute atomic E-state index is 13.1. The highest BCUT2D eigenvalue weighted by Gasteiger charge is 2.20. The predicted molar refractivity (Wildman–Crippen MR) is 109 cm³/mol. The van der Waals surface area contributed by atoms with Crippen molar-refractivity contribution in [1.29, 1.82) is 0 Å². The average molecular weight is 400 g/mol. The number of nitrogens with one attached hydrogen (secondary N) is 2. The highest BCUT2D eigenvalue weighted by molar-refractivity contribution is 6.13. The molecule has 0 saturated carbocycles. The van der Waals surface area contributed by atoms with Crippen molar-refractivity contribution in [2.24, 2.45) is 0 Å². The topological polar surface area (TPSA) is 123 Å². The molecule has 0 unspecified atom stereocenters. The summed E-state index contributed by atoms with van der Waals surface area (Å²) in [6, 6.07) is 12.5. The summed E-state index contributed by atoms with van der Waals surface area (Å²) in [5.74, 6) is 1.57. The van der Waals surface area contributed by atoms with Crippen LogP contribution in [0.25, 0.3) is 33.9 Å². The van der Waals surface area contributed by atoms with E-state index in [0.717, 1.165) is 11.4 Å². The van der Waals surface area contributed by atoms with Gasteiger partial charge in [-0.25, -0.2) is 9.97 Å². The second-order valence-corrected chi connectivity index (χ2v) is 6.76. The van der Waals surface area contributed by atoms with Crippen LogP contribution in [0.5, 0.6) is 0 Å². The second kappa shape index (κ2) is 6.96. The zero-order chi connectivity index (χ0) is 20.7. The molecule has 0 aliphatic rings. The van der Waals surface area contributed by atoms with Crippen molar-refractivity contribution in [3.63, 3.8) is 0 Å². The SMILES string of the molecule is Cc1nc(-c2ccc(NC(=O)c3cc(-c4ccco4)nc4onc(C)c34)cc2)n[nH]1. The monoisotopic (exact) mass is 400 g/mol. The van der Waals surface area contributed by atoms with Crippen molar-refractivity contribution in [2.75, 3.05) is 5.32 Å². The van der Waals surface area contributed by atoms with E-state index in [1.807, 2.05) is 19.1 Å². The average Bonchev–Trinajstić information content (AvgIpc) is 3.50. The van der Waals surface area contributed by atoms with Gasteiger partial charge in [0.25, 0.3) is 11.6 Å². The van der Waals surface area contributed by atoms with Gasteiger partial charge in [-0.05, 0) is 56.3 Å². The fraction of sp³-hybridized carbons (Fsp3) is 0.0952. The zero-order valence-electron chi connectivity index (χ0n) is 16.1.